The standard InChI is InChI=1S/C19H14Cl4F6O2S/c20-12-2-1-11(14(22)5-12)7-17(24,25)8-18(26,27)9-19(28,29)10-32(30,31)16-4-3-13(21)6-15(16)23/h1-6H,7-10H2. The lowest BCUT2D eigenvalue weighted by Gasteiger charge is -2.27. The van der Waals surface area contributed by atoms with Crippen LogP contribution >= 0.6 is 46.4 Å². The molecular weight excluding hydrogens is 548 g/mol. The fourth-order valence-corrected chi connectivity index (χ4v) is 5.64. The highest BCUT2D eigenvalue weighted by atomic mass is 35.5. The minimum absolute atomic E-state index is 0.0234. The zero-order chi connectivity index (χ0) is 24.5. The molecule has 32 heavy (non-hydrogen) atoms. The van der Waals surface area contributed by atoms with Crippen molar-refractivity contribution in [3.05, 3.63) is 62.1 Å². The Morgan fingerprint density at radius 3 is 1.72 bits per heavy atom. The Labute approximate surface area is 200 Å². The maximum Gasteiger partial charge on any atom is 0.268 e. The highest BCUT2D eigenvalue weighted by Gasteiger charge is 2.51. The molecule has 0 bridgehead atoms. The number of hydrogen-bond donors (Lipinski definition) is 0. The first-order valence-corrected chi connectivity index (χ1v) is 11.8. The van der Waals surface area contributed by atoms with Crippen molar-refractivity contribution in [3.63, 3.8) is 0 Å². The van der Waals surface area contributed by atoms with Gasteiger partial charge >= 0.3 is 0 Å². The Morgan fingerprint density at radius 2 is 1.19 bits per heavy atom. The fraction of sp³-hybridized carbons (Fsp3) is 0.368. The van der Waals surface area contributed by atoms with Crippen LogP contribution in [0.5, 0.6) is 0 Å². The lowest BCUT2D eigenvalue weighted by Crippen LogP contribution is -2.39. The van der Waals surface area contributed by atoms with Gasteiger partial charge in [-0.05, 0) is 35.9 Å². The number of halogens is 10. The Morgan fingerprint density at radius 1 is 0.688 bits per heavy atom. The third kappa shape index (κ3) is 7.87. The van der Waals surface area contributed by atoms with Gasteiger partial charge in [0.25, 0.3) is 17.8 Å². The summed E-state index contributed by atoms with van der Waals surface area (Å²) in [6, 6.07) is 6.35. The molecule has 0 fully saturated rings. The molecule has 2 aromatic carbocycles. The maximum absolute atomic E-state index is 14.2. The van der Waals surface area contributed by atoms with Crippen LogP contribution in [0.25, 0.3) is 0 Å². The molecule has 0 heterocycles. The lowest BCUT2D eigenvalue weighted by molar-refractivity contribution is -0.150. The van der Waals surface area contributed by atoms with Gasteiger partial charge in [-0.25, -0.2) is 34.8 Å². The highest BCUT2D eigenvalue weighted by Crippen LogP contribution is 2.41. The fourth-order valence-electron chi connectivity index (χ4n) is 2.96. The average molecular weight is 562 g/mol. The van der Waals surface area contributed by atoms with Crippen molar-refractivity contribution in [1.82, 2.24) is 0 Å². The van der Waals surface area contributed by atoms with Crippen molar-refractivity contribution in [1.29, 1.82) is 0 Å². The van der Waals surface area contributed by atoms with E-state index in [1.807, 2.05) is 0 Å². The van der Waals surface area contributed by atoms with Crippen molar-refractivity contribution in [2.45, 2.75) is 41.9 Å². The number of benzene rings is 2. The molecule has 13 heteroatoms. The van der Waals surface area contributed by atoms with E-state index in [2.05, 4.69) is 0 Å². The first-order chi connectivity index (χ1) is 14.4. The van der Waals surface area contributed by atoms with E-state index < -0.39 is 62.5 Å². The van der Waals surface area contributed by atoms with Gasteiger partial charge in [-0.3, -0.25) is 0 Å². The quantitative estimate of drug-likeness (QED) is 0.291. The van der Waals surface area contributed by atoms with Crippen molar-refractivity contribution >= 4 is 56.2 Å². The van der Waals surface area contributed by atoms with E-state index in [0.29, 0.717) is 0 Å². The number of sulfone groups is 1. The van der Waals surface area contributed by atoms with E-state index in [9.17, 15) is 34.8 Å². The van der Waals surface area contributed by atoms with Gasteiger partial charge in [-0.1, -0.05) is 52.5 Å². The first-order valence-electron chi connectivity index (χ1n) is 8.67. The Bertz CT molecular complexity index is 1090. The molecule has 0 atom stereocenters. The topological polar surface area (TPSA) is 34.1 Å². The lowest BCUT2D eigenvalue weighted by atomic mass is 9.98. The van der Waals surface area contributed by atoms with E-state index in [-0.39, 0.29) is 20.6 Å². The van der Waals surface area contributed by atoms with Crippen molar-refractivity contribution in [2.24, 2.45) is 0 Å². The van der Waals surface area contributed by atoms with E-state index in [1.165, 1.54) is 6.07 Å². The molecule has 0 aliphatic rings. The van der Waals surface area contributed by atoms with Crippen LogP contribution in [0.1, 0.15) is 18.4 Å². The normalized spacial score (nSPS) is 13.4. The molecule has 0 N–H and O–H groups in total. The van der Waals surface area contributed by atoms with Crippen LogP contribution in [0, 0.1) is 0 Å². The summed E-state index contributed by atoms with van der Waals surface area (Å²) in [4.78, 5) is -0.741. The van der Waals surface area contributed by atoms with E-state index in [4.69, 9.17) is 46.4 Å². The summed E-state index contributed by atoms with van der Waals surface area (Å²) in [7, 11) is -4.83. The number of hydrogen-bond acceptors (Lipinski definition) is 2. The summed E-state index contributed by atoms with van der Waals surface area (Å²) >= 11 is 22.7. The summed E-state index contributed by atoms with van der Waals surface area (Å²) in [5.41, 5.74) is -0.205. The van der Waals surface area contributed by atoms with Gasteiger partial charge in [-0.2, -0.15) is 0 Å². The minimum atomic E-state index is -4.83. The van der Waals surface area contributed by atoms with E-state index >= 15 is 0 Å². The molecule has 2 rings (SSSR count). The molecule has 0 spiro atoms. The van der Waals surface area contributed by atoms with Gasteiger partial charge in [0.1, 0.15) is 5.75 Å². The Balaban J connectivity index is 2.14. The third-order valence-electron chi connectivity index (χ3n) is 4.13. The van der Waals surface area contributed by atoms with Crippen LogP contribution in [0.2, 0.25) is 20.1 Å². The van der Waals surface area contributed by atoms with E-state index in [0.717, 1.165) is 30.3 Å². The van der Waals surface area contributed by atoms with Gasteiger partial charge in [0.2, 0.25) is 0 Å². The van der Waals surface area contributed by atoms with Crippen LogP contribution < -0.4 is 0 Å². The predicted octanol–water partition coefficient (Wildman–Crippen LogP) is 8.00. The van der Waals surface area contributed by atoms with Crippen LogP contribution in [0.15, 0.2) is 41.3 Å². The largest absolute Gasteiger partial charge is 0.268 e. The summed E-state index contributed by atoms with van der Waals surface area (Å²) in [5, 5.41) is -0.521. The number of alkyl halides is 6. The second-order valence-electron chi connectivity index (χ2n) is 7.17. The zero-order valence-electron chi connectivity index (χ0n) is 15.8. The molecule has 0 aliphatic heterocycles. The highest BCUT2D eigenvalue weighted by molar-refractivity contribution is 7.91. The van der Waals surface area contributed by atoms with Crippen LogP contribution in [0.3, 0.4) is 0 Å². The van der Waals surface area contributed by atoms with E-state index in [1.54, 1.807) is 0 Å². The van der Waals surface area contributed by atoms with Crippen molar-refractivity contribution in [2.75, 3.05) is 5.75 Å². The van der Waals surface area contributed by atoms with Gasteiger partial charge in [0.15, 0.2) is 9.84 Å². The molecule has 0 saturated carbocycles. The molecule has 0 aromatic heterocycles. The molecule has 0 aliphatic carbocycles. The molecule has 2 aromatic rings. The second kappa shape index (κ2) is 9.78. The average Bonchev–Trinajstić information content (AvgIpc) is 2.53. The third-order valence-corrected chi connectivity index (χ3v) is 7.20. The second-order valence-corrected chi connectivity index (χ2v) is 10.8. The summed E-state index contributed by atoms with van der Waals surface area (Å²) in [5.74, 6) is -15.3. The van der Waals surface area contributed by atoms with Crippen LogP contribution in [-0.4, -0.2) is 31.9 Å². The summed E-state index contributed by atoms with van der Waals surface area (Å²) < 4.78 is 110. The molecule has 0 radical (unpaired) electrons. The zero-order valence-corrected chi connectivity index (χ0v) is 19.6. The van der Waals surface area contributed by atoms with Gasteiger partial charge in [-0.15, -0.1) is 0 Å². The van der Waals surface area contributed by atoms with Gasteiger partial charge < -0.3 is 0 Å². The van der Waals surface area contributed by atoms with Gasteiger partial charge in [0, 0.05) is 21.5 Å². The molecular formula is C19H14Cl4F6O2S. The summed E-state index contributed by atoms with van der Waals surface area (Å²) in [6.07, 6.45) is -5.90. The van der Waals surface area contributed by atoms with Crippen molar-refractivity contribution in [3.8, 4) is 0 Å². The Kier molecular flexibility index (Phi) is 8.37. The Hall–Kier alpha value is -0.870. The first kappa shape index (κ1) is 27.4. The molecule has 0 unspecified atom stereocenters. The van der Waals surface area contributed by atoms with Crippen LogP contribution in [0.4, 0.5) is 26.3 Å². The van der Waals surface area contributed by atoms with Gasteiger partial charge in [0.05, 0.1) is 22.8 Å². The number of rotatable bonds is 9. The predicted molar refractivity (Wildman–Crippen MR) is 113 cm³/mol. The summed E-state index contributed by atoms with van der Waals surface area (Å²) in [6.45, 7) is 0. The van der Waals surface area contributed by atoms with Crippen molar-refractivity contribution < 1.29 is 34.8 Å². The monoisotopic (exact) mass is 560 g/mol. The minimum Gasteiger partial charge on any atom is -0.223 e. The van der Waals surface area contributed by atoms with Crippen LogP contribution in [-0.2, 0) is 16.3 Å². The molecule has 0 amide bonds. The molecule has 2 nitrogen and oxygen atoms in total. The smallest absolute Gasteiger partial charge is 0.223 e. The molecule has 178 valence electrons. The maximum atomic E-state index is 14.2. The molecule has 0 saturated heterocycles. The SMILES string of the molecule is O=S(=O)(CC(F)(F)CC(F)(F)CC(F)(F)Cc1ccc(Cl)cc1Cl)c1ccc(Cl)cc1Cl.